The van der Waals surface area contributed by atoms with Crippen LogP contribution in [0.3, 0.4) is 0 Å². The third-order valence-electron chi connectivity index (χ3n) is 6.54. The van der Waals surface area contributed by atoms with Crippen LogP contribution in [0.4, 0.5) is 0 Å². The van der Waals surface area contributed by atoms with Gasteiger partial charge in [-0.15, -0.1) is 0 Å². The van der Waals surface area contributed by atoms with Crippen LogP contribution >= 0.6 is 0 Å². The third-order valence-corrected chi connectivity index (χ3v) is 8.03. The monoisotopic (exact) mass is 530 g/mol. The molecule has 0 spiro atoms. The Bertz CT molecular complexity index is 1840. The van der Waals surface area contributed by atoms with Gasteiger partial charge in [-0.25, -0.2) is 18.0 Å². The van der Waals surface area contributed by atoms with Gasteiger partial charge in [0.15, 0.2) is 0 Å². The van der Waals surface area contributed by atoms with Gasteiger partial charge in [0.25, 0.3) is 0 Å². The third kappa shape index (κ3) is 4.98. The van der Waals surface area contributed by atoms with Crippen LogP contribution in [0.5, 0.6) is 5.75 Å². The molecule has 5 aromatic rings. The first kappa shape index (κ1) is 25.4. The Labute approximate surface area is 219 Å². The maximum absolute atomic E-state index is 13.5. The minimum absolute atomic E-state index is 0.0407. The maximum atomic E-state index is 13.5. The fourth-order valence-corrected chi connectivity index (χ4v) is 5.64. The topological polar surface area (TPSA) is 118 Å². The van der Waals surface area contributed by atoms with Gasteiger partial charge in [-0.1, -0.05) is 35.9 Å². The second-order valence-electron chi connectivity index (χ2n) is 9.29. The smallest absolute Gasteiger partial charge is 0.336 e. The minimum atomic E-state index is -4.05. The highest BCUT2D eigenvalue weighted by atomic mass is 32.2. The molecule has 9 heteroatoms. The number of para-hydroxylation sites is 1. The average Bonchev–Trinajstić information content (AvgIpc) is 3.28. The molecule has 1 atom stereocenters. The van der Waals surface area contributed by atoms with Gasteiger partial charge < -0.3 is 14.1 Å². The van der Waals surface area contributed by atoms with E-state index in [2.05, 4.69) is 9.71 Å². The number of benzene rings is 3. The number of hydrogen-bond donors (Lipinski definition) is 2. The van der Waals surface area contributed by atoms with E-state index in [9.17, 15) is 18.0 Å². The van der Waals surface area contributed by atoms with Crippen LogP contribution in [0, 0.1) is 20.8 Å². The molecule has 5 rings (SSSR count). The predicted molar refractivity (Wildman–Crippen MR) is 145 cm³/mol. The Balaban J connectivity index is 1.51. The molecule has 0 aliphatic carbocycles. The number of fused-ring (bicyclic) bond motifs is 2. The van der Waals surface area contributed by atoms with Crippen molar-refractivity contribution in [2.45, 2.75) is 38.1 Å². The first-order valence-electron chi connectivity index (χ1n) is 12.0. The highest BCUT2D eigenvalue weighted by Crippen LogP contribution is 2.29. The van der Waals surface area contributed by atoms with Crippen molar-refractivity contribution in [3.63, 3.8) is 0 Å². The van der Waals surface area contributed by atoms with Crippen LogP contribution in [0.25, 0.3) is 21.9 Å². The Kier molecular flexibility index (Phi) is 6.64. The van der Waals surface area contributed by atoms with Gasteiger partial charge in [-0.05, 0) is 62.2 Å². The Morgan fingerprint density at radius 2 is 1.74 bits per heavy atom. The minimum Gasteiger partial charge on any atom is -0.425 e. The molecule has 194 valence electrons. The molecule has 38 heavy (non-hydrogen) atoms. The zero-order chi connectivity index (χ0) is 27.0. The Hall–Kier alpha value is -4.21. The number of nitrogens with one attached hydrogen (secondary N) is 2. The molecule has 0 radical (unpaired) electrons. The second-order valence-corrected chi connectivity index (χ2v) is 11.0. The summed E-state index contributed by atoms with van der Waals surface area (Å²) in [5.41, 5.74) is 3.53. The first-order chi connectivity index (χ1) is 18.1. The lowest BCUT2D eigenvalue weighted by atomic mass is 10.1. The van der Waals surface area contributed by atoms with E-state index in [1.54, 1.807) is 44.3 Å². The normalized spacial score (nSPS) is 12.6. The molecule has 2 N–H and O–H groups in total. The number of carbonyl (C=O) groups is 1. The van der Waals surface area contributed by atoms with Gasteiger partial charge >= 0.3 is 11.6 Å². The summed E-state index contributed by atoms with van der Waals surface area (Å²) in [7, 11) is -4.05. The lowest BCUT2D eigenvalue weighted by Crippen LogP contribution is -2.44. The predicted octanol–water partition coefficient (Wildman–Crippen LogP) is 4.69. The van der Waals surface area contributed by atoms with Crippen molar-refractivity contribution in [3.8, 4) is 5.75 Å². The van der Waals surface area contributed by atoms with Crippen molar-refractivity contribution in [3.05, 3.63) is 106 Å². The Morgan fingerprint density at radius 1 is 1.00 bits per heavy atom. The summed E-state index contributed by atoms with van der Waals surface area (Å²) in [6.07, 6.45) is 1.80. The fourth-order valence-electron chi connectivity index (χ4n) is 4.46. The van der Waals surface area contributed by atoms with E-state index in [0.717, 1.165) is 33.0 Å². The quantitative estimate of drug-likeness (QED) is 0.179. The van der Waals surface area contributed by atoms with Crippen molar-refractivity contribution < 1.29 is 22.4 Å². The van der Waals surface area contributed by atoms with Gasteiger partial charge in [-0.3, -0.25) is 0 Å². The number of carbonyl (C=O) groups excluding carboxylic acids is 1. The average molecular weight is 531 g/mol. The zero-order valence-electron chi connectivity index (χ0n) is 21.1. The van der Waals surface area contributed by atoms with Gasteiger partial charge in [0.1, 0.15) is 17.4 Å². The SMILES string of the molecule is Cc1ccc(S(=O)(=O)N[C@@H](Cc2c[nH]c3ccccc23)C(=O)Oc2ccc3c(C)cc(=O)oc3c2C)cc1. The van der Waals surface area contributed by atoms with E-state index in [0.29, 0.717) is 11.1 Å². The largest absolute Gasteiger partial charge is 0.425 e. The number of aryl methyl sites for hydroxylation is 3. The first-order valence-corrected chi connectivity index (χ1v) is 13.5. The number of aromatic amines is 1. The summed E-state index contributed by atoms with van der Waals surface area (Å²) in [6.45, 7) is 5.33. The molecule has 0 saturated carbocycles. The fraction of sp³-hybridized carbons (Fsp3) is 0.172. The molecular formula is C29H26N2O6S. The summed E-state index contributed by atoms with van der Waals surface area (Å²) in [4.78, 5) is 28.6. The van der Waals surface area contributed by atoms with E-state index in [4.69, 9.17) is 9.15 Å². The van der Waals surface area contributed by atoms with E-state index in [-0.39, 0.29) is 17.1 Å². The molecule has 0 aliphatic rings. The number of H-pyrrole nitrogens is 1. The molecule has 0 unspecified atom stereocenters. The summed E-state index contributed by atoms with van der Waals surface area (Å²) < 4.78 is 40.1. The number of ether oxygens (including phenoxy) is 1. The number of rotatable bonds is 7. The van der Waals surface area contributed by atoms with Gasteiger partial charge in [0, 0.05) is 40.5 Å². The summed E-state index contributed by atoms with van der Waals surface area (Å²) in [5, 5.41) is 1.59. The zero-order valence-corrected chi connectivity index (χ0v) is 21.9. The molecule has 8 nitrogen and oxygen atoms in total. The molecular weight excluding hydrogens is 504 g/mol. The van der Waals surface area contributed by atoms with Gasteiger partial charge in [0.05, 0.1) is 4.90 Å². The van der Waals surface area contributed by atoms with Gasteiger partial charge in [-0.2, -0.15) is 4.72 Å². The molecule has 0 saturated heterocycles. The van der Waals surface area contributed by atoms with Crippen molar-refractivity contribution in [2.24, 2.45) is 0 Å². The summed E-state index contributed by atoms with van der Waals surface area (Å²) in [5.74, 6) is -0.613. The molecule has 2 heterocycles. The highest BCUT2D eigenvalue weighted by Gasteiger charge is 2.29. The standard InChI is InChI=1S/C29H26N2O6S/c1-17-8-10-21(11-9-17)38(34,35)31-25(15-20-16-30-24-7-5-4-6-23(20)24)29(33)36-26-13-12-22-18(2)14-27(32)37-28(22)19(26)3/h4-14,16,25,30-31H,15H2,1-3H3/t25-/m0/s1. The molecule has 3 aromatic carbocycles. The summed E-state index contributed by atoms with van der Waals surface area (Å²) >= 11 is 0. The van der Waals surface area contributed by atoms with E-state index < -0.39 is 27.7 Å². The number of hydrogen-bond acceptors (Lipinski definition) is 6. The summed E-state index contributed by atoms with van der Waals surface area (Å²) in [6, 6.07) is 17.4. The lowest BCUT2D eigenvalue weighted by molar-refractivity contribution is -0.136. The molecule has 0 aliphatic heterocycles. The lowest BCUT2D eigenvalue weighted by Gasteiger charge is -2.19. The Morgan fingerprint density at radius 3 is 2.50 bits per heavy atom. The van der Waals surface area contributed by atoms with Crippen LogP contribution in [0.1, 0.15) is 22.3 Å². The van der Waals surface area contributed by atoms with E-state index >= 15 is 0 Å². The molecule has 0 amide bonds. The maximum Gasteiger partial charge on any atom is 0.336 e. The van der Waals surface area contributed by atoms with E-state index in [1.165, 1.54) is 18.2 Å². The number of sulfonamides is 1. The molecule has 0 fully saturated rings. The van der Waals surface area contributed by atoms with Gasteiger partial charge in [0.2, 0.25) is 10.0 Å². The number of aromatic nitrogens is 1. The van der Waals surface area contributed by atoms with Crippen molar-refractivity contribution in [1.29, 1.82) is 0 Å². The van der Waals surface area contributed by atoms with Crippen LogP contribution in [0.15, 0.2) is 87.0 Å². The van der Waals surface area contributed by atoms with Crippen molar-refractivity contribution in [1.82, 2.24) is 9.71 Å². The van der Waals surface area contributed by atoms with E-state index in [1.807, 2.05) is 31.2 Å². The van der Waals surface area contributed by atoms with Crippen LogP contribution < -0.4 is 15.1 Å². The van der Waals surface area contributed by atoms with Crippen LogP contribution in [0.2, 0.25) is 0 Å². The van der Waals surface area contributed by atoms with Crippen molar-refractivity contribution in [2.75, 3.05) is 0 Å². The van der Waals surface area contributed by atoms with Crippen LogP contribution in [-0.4, -0.2) is 25.4 Å². The molecule has 2 aromatic heterocycles. The van der Waals surface area contributed by atoms with Crippen LogP contribution in [-0.2, 0) is 21.2 Å². The highest BCUT2D eigenvalue weighted by molar-refractivity contribution is 7.89. The van der Waals surface area contributed by atoms with Crippen molar-refractivity contribution >= 4 is 37.9 Å². The molecule has 0 bridgehead atoms. The number of esters is 1. The second kappa shape index (κ2) is 9.92.